The fourth-order valence-electron chi connectivity index (χ4n) is 1.82. The summed E-state index contributed by atoms with van der Waals surface area (Å²) in [6, 6.07) is 10.4. The van der Waals surface area contributed by atoms with Gasteiger partial charge in [0.1, 0.15) is 0 Å². The first kappa shape index (κ1) is 14.8. The summed E-state index contributed by atoms with van der Waals surface area (Å²) >= 11 is 5.55. The topological polar surface area (TPSA) is 29.1 Å². The Morgan fingerprint density at radius 3 is 2.72 bits per heavy atom. The minimum atomic E-state index is 0.0184. The van der Waals surface area contributed by atoms with Crippen molar-refractivity contribution in [2.45, 2.75) is 31.7 Å². The fourth-order valence-corrected chi connectivity index (χ4v) is 1.99. The number of nitrogens with one attached hydrogen (secondary N) is 1. The van der Waals surface area contributed by atoms with Gasteiger partial charge in [0.25, 0.3) is 0 Å². The second-order valence-corrected chi connectivity index (χ2v) is 4.63. The lowest BCUT2D eigenvalue weighted by atomic mass is 10.0. The van der Waals surface area contributed by atoms with E-state index in [-0.39, 0.29) is 11.9 Å². The second kappa shape index (κ2) is 8.76. The number of hydrogen-bond acceptors (Lipinski definition) is 1. The van der Waals surface area contributed by atoms with Gasteiger partial charge in [0, 0.05) is 18.3 Å². The third-order valence-corrected chi connectivity index (χ3v) is 2.95. The SMILES string of the molecule is C=CCC(CCc1ccccc1)NC(=O)CCCl. The Balaban J connectivity index is 2.42. The van der Waals surface area contributed by atoms with E-state index in [2.05, 4.69) is 24.0 Å². The molecule has 1 N–H and O–H groups in total. The Kier molecular flexibility index (Phi) is 7.19. The van der Waals surface area contributed by atoms with Crippen LogP contribution in [0, 0.1) is 0 Å². The molecule has 0 aliphatic rings. The van der Waals surface area contributed by atoms with E-state index in [4.69, 9.17) is 11.6 Å². The molecule has 0 saturated heterocycles. The molecular formula is C15H20ClNO. The fraction of sp³-hybridized carbons (Fsp3) is 0.400. The summed E-state index contributed by atoms with van der Waals surface area (Å²) in [5, 5.41) is 2.99. The van der Waals surface area contributed by atoms with Crippen LogP contribution >= 0.6 is 11.6 Å². The average molecular weight is 266 g/mol. The highest BCUT2D eigenvalue weighted by atomic mass is 35.5. The molecule has 2 nitrogen and oxygen atoms in total. The van der Waals surface area contributed by atoms with Gasteiger partial charge in [0.15, 0.2) is 0 Å². The van der Waals surface area contributed by atoms with Crippen LogP contribution in [0.3, 0.4) is 0 Å². The largest absolute Gasteiger partial charge is 0.353 e. The number of aryl methyl sites for hydroxylation is 1. The number of amides is 1. The van der Waals surface area contributed by atoms with Crippen LogP contribution in [0.1, 0.15) is 24.8 Å². The Morgan fingerprint density at radius 2 is 2.11 bits per heavy atom. The summed E-state index contributed by atoms with van der Waals surface area (Å²) in [6.45, 7) is 3.73. The van der Waals surface area contributed by atoms with Crippen molar-refractivity contribution in [1.29, 1.82) is 0 Å². The van der Waals surface area contributed by atoms with Crippen molar-refractivity contribution in [2.75, 3.05) is 5.88 Å². The maximum absolute atomic E-state index is 11.5. The number of hydrogen-bond donors (Lipinski definition) is 1. The van der Waals surface area contributed by atoms with Gasteiger partial charge in [-0.2, -0.15) is 0 Å². The average Bonchev–Trinajstić information content (AvgIpc) is 2.38. The molecule has 0 bridgehead atoms. The van der Waals surface area contributed by atoms with Gasteiger partial charge in [-0.3, -0.25) is 4.79 Å². The number of halogens is 1. The lowest BCUT2D eigenvalue weighted by molar-refractivity contribution is -0.121. The van der Waals surface area contributed by atoms with Crippen molar-refractivity contribution in [1.82, 2.24) is 5.32 Å². The first-order valence-corrected chi connectivity index (χ1v) is 6.80. The van der Waals surface area contributed by atoms with Crippen LogP contribution in [0.25, 0.3) is 0 Å². The molecule has 0 radical (unpaired) electrons. The lowest BCUT2D eigenvalue weighted by Gasteiger charge is -2.17. The van der Waals surface area contributed by atoms with E-state index in [1.807, 2.05) is 24.3 Å². The predicted molar refractivity (Wildman–Crippen MR) is 76.8 cm³/mol. The van der Waals surface area contributed by atoms with Gasteiger partial charge in [-0.15, -0.1) is 18.2 Å². The number of carbonyl (C=O) groups is 1. The van der Waals surface area contributed by atoms with Crippen molar-refractivity contribution in [3.8, 4) is 0 Å². The van der Waals surface area contributed by atoms with Crippen molar-refractivity contribution in [2.24, 2.45) is 0 Å². The quantitative estimate of drug-likeness (QED) is 0.567. The molecule has 1 aromatic rings. The molecule has 1 amide bonds. The van der Waals surface area contributed by atoms with Crippen molar-refractivity contribution in [3.05, 3.63) is 48.6 Å². The molecule has 0 heterocycles. The second-order valence-electron chi connectivity index (χ2n) is 4.25. The number of carbonyl (C=O) groups excluding carboxylic acids is 1. The molecule has 3 heteroatoms. The Bertz CT molecular complexity index is 364. The van der Waals surface area contributed by atoms with E-state index >= 15 is 0 Å². The van der Waals surface area contributed by atoms with Crippen LogP contribution in [-0.2, 0) is 11.2 Å². The molecule has 1 atom stereocenters. The monoisotopic (exact) mass is 265 g/mol. The van der Waals surface area contributed by atoms with E-state index in [1.165, 1.54) is 5.56 Å². The third kappa shape index (κ3) is 5.87. The molecule has 1 rings (SSSR count). The van der Waals surface area contributed by atoms with Crippen LogP contribution in [0.5, 0.6) is 0 Å². The minimum absolute atomic E-state index is 0.0184. The standard InChI is InChI=1S/C15H20ClNO/c1-2-6-14(17-15(18)11-12-16)10-9-13-7-4-3-5-8-13/h2-5,7-8,14H,1,6,9-12H2,(H,17,18). The highest BCUT2D eigenvalue weighted by molar-refractivity contribution is 6.18. The van der Waals surface area contributed by atoms with E-state index in [1.54, 1.807) is 0 Å². The van der Waals surface area contributed by atoms with Gasteiger partial charge in [0.2, 0.25) is 5.91 Å². The van der Waals surface area contributed by atoms with Gasteiger partial charge in [-0.1, -0.05) is 36.4 Å². The minimum Gasteiger partial charge on any atom is -0.353 e. The Labute approximate surface area is 114 Å². The number of rotatable bonds is 8. The number of benzene rings is 1. The lowest BCUT2D eigenvalue weighted by Crippen LogP contribution is -2.35. The van der Waals surface area contributed by atoms with Gasteiger partial charge in [-0.05, 0) is 24.8 Å². The Hall–Kier alpha value is -1.28. The highest BCUT2D eigenvalue weighted by Crippen LogP contribution is 2.08. The molecule has 0 saturated carbocycles. The van der Waals surface area contributed by atoms with E-state index in [0.717, 1.165) is 19.3 Å². The summed E-state index contributed by atoms with van der Waals surface area (Å²) in [6.07, 6.45) is 4.89. The maximum atomic E-state index is 11.5. The van der Waals surface area contributed by atoms with E-state index < -0.39 is 0 Å². The predicted octanol–water partition coefficient (Wildman–Crippen LogP) is 3.31. The molecule has 0 fully saturated rings. The number of alkyl halides is 1. The third-order valence-electron chi connectivity index (χ3n) is 2.76. The zero-order chi connectivity index (χ0) is 13.2. The summed E-state index contributed by atoms with van der Waals surface area (Å²) in [7, 11) is 0. The van der Waals surface area contributed by atoms with Gasteiger partial charge in [0.05, 0.1) is 0 Å². The molecule has 0 aliphatic heterocycles. The summed E-state index contributed by atoms with van der Waals surface area (Å²) < 4.78 is 0. The first-order chi connectivity index (χ1) is 8.76. The van der Waals surface area contributed by atoms with Crippen LogP contribution < -0.4 is 5.32 Å². The highest BCUT2D eigenvalue weighted by Gasteiger charge is 2.10. The first-order valence-electron chi connectivity index (χ1n) is 6.26. The molecule has 1 aromatic carbocycles. The summed E-state index contributed by atoms with van der Waals surface area (Å²) in [5.41, 5.74) is 1.29. The molecular weight excluding hydrogens is 246 g/mol. The van der Waals surface area contributed by atoms with Crippen LogP contribution in [0.4, 0.5) is 0 Å². The molecule has 0 aromatic heterocycles. The van der Waals surface area contributed by atoms with Gasteiger partial charge in [-0.25, -0.2) is 0 Å². The molecule has 18 heavy (non-hydrogen) atoms. The van der Waals surface area contributed by atoms with E-state index in [0.29, 0.717) is 12.3 Å². The zero-order valence-corrected chi connectivity index (χ0v) is 11.3. The summed E-state index contributed by atoms with van der Waals surface area (Å²) in [4.78, 5) is 11.5. The van der Waals surface area contributed by atoms with E-state index in [9.17, 15) is 4.79 Å². The van der Waals surface area contributed by atoms with Crippen molar-refractivity contribution in [3.63, 3.8) is 0 Å². The van der Waals surface area contributed by atoms with Crippen molar-refractivity contribution >= 4 is 17.5 Å². The van der Waals surface area contributed by atoms with Crippen molar-refractivity contribution < 1.29 is 4.79 Å². The molecule has 98 valence electrons. The zero-order valence-electron chi connectivity index (χ0n) is 10.6. The van der Waals surface area contributed by atoms with Crippen LogP contribution in [-0.4, -0.2) is 17.8 Å². The van der Waals surface area contributed by atoms with Crippen LogP contribution in [0.2, 0.25) is 0 Å². The maximum Gasteiger partial charge on any atom is 0.221 e. The van der Waals surface area contributed by atoms with Gasteiger partial charge < -0.3 is 5.32 Å². The smallest absolute Gasteiger partial charge is 0.221 e. The Morgan fingerprint density at radius 1 is 1.39 bits per heavy atom. The molecule has 0 spiro atoms. The molecule has 0 aliphatic carbocycles. The summed E-state index contributed by atoms with van der Waals surface area (Å²) in [5.74, 6) is 0.385. The van der Waals surface area contributed by atoms with Gasteiger partial charge >= 0.3 is 0 Å². The van der Waals surface area contributed by atoms with Crippen LogP contribution in [0.15, 0.2) is 43.0 Å². The molecule has 1 unspecified atom stereocenters. The normalized spacial score (nSPS) is 11.8.